The number of phosphoric ester groups is 1. The van der Waals surface area contributed by atoms with Gasteiger partial charge >= 0.3 is 11.9 Å². The van der Waals surface area contributed by atoms with Gasteiger partial charge in [0.25, 0.3) is 7.82 Å². The lowest BCUT2D eigenvalue weighted by atomic mass is 10.1. The molecule has 0 N–H and O–H groups in total. The monoisotopic (exact) mass is 778 g/mol. The molecule has 0 saturated heterocycles. The first-order valence-electron chi connectivity index (χ1n) is 20.6. The van der Waals surface area contributed by atoms with Crippen LogP contribution in [0.25, 0.3) is 0 Å². The molecule has 0 radical (unpaired) electrons. The molecule has 0 aromatic heterocycles. The lowest BCUT2D eigenvalue weighted by Crippen LogP contribution is -2.37. The molecule has 2 atom stereocenters. The van der Waals surface area contributed by atoms with Gasteiger partial charge in [0.05, 0.1) is 27.7 Å². The third kappa shape index (κ3) is 39.2. The van der Waals surface area contributed by atoms with Gasteiger partial charge < -0.3 is 27.9 Å². The molecule has 1 unspecified atom stereocenters. The fourth-order valence-electron chi connectivity index (χ4n) is 4.97. The minimum atomic E-state index is -4.64. The van der Waals surface area contributed by atoms with Crippen LogP contribution in [0.2, 0.25) is 0 Å². The van der Waals surface area contributed by atoms with E-state index in [1.807, 2.05) is 21.1 Å². The number of quaternary nitrogens is 1. The van der Waals surface area contributed by atoms with E-state index in [4.69, 9.17) is 18.5 Å². The Labute approximate surface area is 329 Å². The second-order valence-corrected chi connectivity index (χ2v) is 16.0. The first kappa shape index (κ1) is 51.5. The largest absolute Gasteiger partial charge is 0.756 e. The van der Waals surface area contributed by atoms with Crippen LogP contribution in [0.1, 0.15) is 142 Å². The van der Waals surface area contributed by atoms with E-state index in [0.717, 1.165) is 83.5 Å². The van der Waals surface area contributed by atoms with Crippen molar-refractivity contribution in [3.05, 3.63) is 72.9 Å². The predicted octanol–water partition coefficient (Wildman–Crippen LogP) is 10.8. The summed E-state index contributed by atoms with van der Waals surface area (Å²) in [6, 6.07) is 0. The number of rotatable bonds is 36. The fourth-order valence-corrected chi connectivity index (χ4v) is 5.70. The SMILES string of the molecule is CC/C=C/C/C=C/C/C=C/CCCCCCCC(=O)OC[C@H](COP(=O)([O-])OCC[N+](C)(C)C)OC(=O)CCCC/C=C/C/C=C/C/C=C/CCCCC. The summed E-state index contributed by atoms with van der Waals surface area (Å²) in [4.78, 5) is 37.4. The number of nitrogens with zero attached hydrogens (tertiary/aromatic N) is 1. The Balaban J connectivity index is 4.51. The first-order valence-corrected chi connectivity index (χ1v) is 22.1. The van der Waals surface area contributed by atoms with E-state index in [1.165, 1.54) is 19.3 Å². The van der Waals surface area contributed by atoms with Crippen molar-refractivity contribution in [3.8, 4) is 0 Å². The van der Waals surface area contributed by atoms with Crippen LogP contribution in [0.4, 0.5) is 0 Å². The quantitative estimate of drug-likeness (QED) is 0.0203. The summed E-state index contributed by atoms with van der Waals surface area (Å²) >= 11 is 0. The highest BCUT2D eigenvalue weighted by atomic mass is 31.2. The van der Waals surface area contributed by atoms with Crippen molar-refractivity contribution >= 4 is 19.8 Å². The van der Waals surface area contributed by atoms with Gasteiger partial charge in [0.15, 0.2) is 6.10 Å². The van der Waals surface area contributed by atoms with Gasteiger partial charge in [-0.25, -0.2) is 0 Å². The van der Waals surface area contributed by atoms with E-state index < -0.39 is 32.5 Å². The summed E-state index contributed by atoms with van der Waals surface area (Å²) in [5.74, 6) is -0.908. The summed E-state index contributed by atoms with van der Waals surface area (Å²) in [6.45, 7) is 3.99. The molecule has 0 heterocycles. The first-order chi connectivity index (χ1) is 26.0. The second-order valence-electron chi connectivity index (χ2n) is 14.6. The van der Waals surface area contributed by atoms with Gasteiger partial charge in [-0.05, 0) is 83.5 Å². The standard InChI is InChI=1S/C44H76NO8P/c1-6-8-10-12-14-16-18-20-22-24-26-28-30-32-34-36-43(46)50-40-42(41-52-54(48,49)51-39-38-45(3,4)5)53-44(47)37-35-33-31-29-27-25-23-21-19-17-15-13-11-9-7-2/h8,10,14-17,20-23,27,29,42H,6-7,9,11-13,18-19,24-26,28,30-41H2,1-5H3/b10-8+,16-14+,17-15+,22-20+,23-21+,29-27+/t42-/m1/s1. The van der Waals surface area contributed by atoms with Crippen molar-refractivity contribution in [1.29, 1.82) is 0 Å². The lowest BCUT2D eigenvalue weighted by Gasteiger charge is -2.28. The topological polar surface area (TPSA) is 111 Å². The predicted molar refractivity (Wildman–Crippen MR) is 222 cm³/mol. The van der Waals surface area contributed by atoms with Gasteiger partial charge in [0, 0.05) is 12.8 Å². The lowest BCUT2D eigenvalue weighted by molar-refractivity contribution is -0.870. The molecular weight excluding hydrogens is 701 g/mol. The van der Waals surface area contributed by atoms with E-state index >= 15 is 0 Å². The molecule has 0 aromatic carbocycles. The number of ether oxygens (including phenoxy) is 2. The molecule has 9 nitrogen and oxygen atoms in total. The molecule has 0 bridgehead atoms. The van der Waals surface area contributed by atoms with Crippen LogP contribution < -0.4 is 4.89 Å². The van der Waals surface area contributed by atoms with Gasteiger partial charge in [-0.2, -0.15) is 0 Å². The molecule has 54 heavy (non-hydrogen) atoms. The third-order valence-corrected chi connectivity index (χ3v) is 9.17. The third-order valence-electron chi connectivity index (χ3n) is 8.21. The molecule has 0 rings (SSSR count). The maximum absolute atomic E-state index is 12.6. The fraction of sp³-hybridized carbons (Fsp3) is 0.682. The highest BCUT2D eigenvalue weighted by Crippen LogP contribution is 2.38. The number of unbranched alkanes of at least 4 members (excludes halogenated alkanes) is 10. The Morgan fingerprint density at radius 3 is 1.61 bits per heavy atom. The molecule has 0 amide bonds. The zero-order valence-electron chi connectivity index (χ0n) is 34.6. The Morgan fingerprint density at radius 2 is 1.06 bits per heavy atom. The smallest absolute Gasteiger partial charge is 0.306 e. The zero-order chi connectivity index (χ0) is 40.0. The van der Waals surface area contributed by atoms with Crippen LogP contribution >= 0.6 is 7.82 Å². The van der Waals surface area contributed by atoms with Crippen LogP contribution in [-0.2, 0) is 32.7 Å². The van der Waals surface area contributed by atoms with Gasteiger partial charge in [-0.15, -0.1) is 0 Å². The Kier molecular flexibility index (Phi) is 34.4. The number of allylic oxidation sites excluding steroid dienone is 12. The summed E-state index contributed by atoms with van der Waals surface area (Å²) in [7, 11) is 1.12. The normalized spacial score (nSPS) is 14.4. The van der Waals surface area contributed by atoms with Crippen LogP contribution in [0.15, 0.2) is 72.9 Å². The van der Waals surface area contributed by atoms with Gasteiger partial charge in [-0.1, -0.05) is 119 Å². The number of hydrogen-bond donors (Lipinski definition) is 0. The van der Waals surface area contributed by atoms with E-state index in [-0.39, 0.29) is 26.1 Å². The molecular formula is C44H76NO8P. The molecule has 0 aromatic rings. The van der Waals surface area contributed by atoms with Crippen LogP contribution in [0, 0.1) is 0 Å². The Bertz CT molecular complexity index is 1150. The van der Waals surface area contributed by atoms with E-state index in [9.17, 15) is 19.0 Å². The van der Waals surface area contributed by atoms with Gasteiger partial charge in [0.1, 0.15) is 19.8 Å². The Morgan fingerprint density at radius 1 is 0.593 bits per heavy atom. The van der Waals surface area contributed by atoms with Crippen molar-refractivity contribution in [1.82, 2.24) is 0 Å². The van der Waals surface area contributed by atoms with Crippen molar-refractivity contribution in [2.45, 2.75) is 148 Å². The number of hydrogen-bond acceptors (Lipinski definition) is 8. The maximum atomic E-state index is 12.6. The van der Waals surface area contributed by atoms with E-state index in [2.05, 4.69) is 86.8 Å². The second kappa shape index (κ2) is 36.1. The van der Waals surface area contributed by atoms with E-state index in [1.54, 1.807) is 0 Å². The summed E-state index contributed by atoms with van der Waals surface area (Å²) < 4.78 is 33.8. The Hall–Kier alpha value is -2.55. The van der Waals surface area contributed by atoms with Crippen LogP contribution in [0.5, 0.6) is 0 Å². The van der Waals surface area contributed by atoms with Crippen molar-refractivity contribution in [2.24, 2.45) is 0 Å². The van der Waals surface area contributed by atoms with Crippen LogP contribution in [0.3, 0.4) is 0 Å². The van der Waals surface area contributed by atoms with Gasteiger partial charge in [-0.3, -0.25) is 14.2 Å². The highest BCUT2D eigenvalue weighted by molar-refractivity contribution is 7.45. The molecule has 0 spiro atoms. The molecule has 0 aliphatic rings. The average Bonchev–Trinajstić information content (AvgIpc) is 3.12. The van der Waals surface area contributed by atoms with Crippen LogP contribution in [-0.4, -0.2) is 70.0 Å². The summed E-state index contributed by atoms with van der Waals surface area (Å²) in [5.41, 5.74) is 0. The molecule has 10 heteroatoms. The molecule has 310 valence electrons. The number of carbonyl (C=O) groups excluding carboxylic acids is 2. The van der Waals surface area contributed by atoms with E-state index in [0.29, 0.717) is 23.9 Å². The van der Waals surface area contributed by atoms with Crippen molar-refractivity contribution in [3.63, 3.8) is 0 Å². The highest BCUT2D eigenvalue weighted by Gasteiger charge is 2.21. The summed E-state index contributed by atoms with van der Waals surface area (Å²) in [5, 5.41) is 0. The van der Waals surface area contributed by atoms with Crippen molar-refractivity contribution in [2.75, 3.05) is 47.5 Å². The zero-order valence-corrected chi connectivity index (χ0v) is 35.5. The van der Waals surface area contributed by atoms with Crippen molar-refractivity contribution < 1.29 is 42.1 Å². The molecule has 0 aliphatic heterocycles. The molecule has 0 fully saturated rings. The minimum Gasteiger partial charge on any atom is -0.756 e. The minimum absolute atomic E-state index is 0.0449. The molecule has 0 aliphatic carbocycles. The number of esters is 2. The number of phosphoric acid groups is 1. The average molecular weight is 778 g/mol. The van der Waals surface area contributed by atoms with Gasteiger partial charge in [0.2, 0.25) is 0 Å². The number of likely N-dealkylation sites (N-methyl/N-ethyl adjacent to an activating group) is 1. The summed E-state index contributed by atoms with van der Waals surface area (Å²) in [6.07, 6.45) is 43.6. The maximum Gasteiger partial charge on any atom is 0.306 e. The molecule has 0 saturated carbocycles. The number of carbonyl (C=O) groups is 2.